The molecule has 4 aromatic rings. The van der Waals surface area contributed by atoms with E-state index in [0.717, 1.165) is 21.9 Å². The monoisotopic (exact) mass is 351 g/mol. The average molecular weight is 351 g/mol. The third-order valence-electron chi connectivity index (χ3n) is 3.95. The van der Waals surface area contributed by atoms with Crippen LogP contribution in [-0.4, -0.2) is 15.3 Å². The number of aromatic nitrogens is 2. The minimum Gasteiger partial charge on any atom is -0.319 e. The summed E-state index contributed by atoms with van der Waals surface area (Å²) in [4.78, 5) is 18.4. The summed E-state index contributed by atoms with van der Waals surface area (Å²) in [6, 6.07) is 16.0. The van der Waals surface area contributed by atoms with Crippen molar-refractivity contribution in [1.82, 2.24) is 9.38 Å². The molecule has 4 nitrogen and oxygen atoms in total. The molecule has 6 heteroatoms. The highest BCUT2D eigenvalue weighted by atomic mass is 32.1. The Morgan fingerprint density at radius 2 is 1.84 bits per heavy atom. The van der Waals surface area contributed by atoms with E-state index in [0.29, 0.717) is 4.88 Å². The molecule has 0 aliphatic rings. The van der Waals surface area contributed by atoms with Gasteiger partial charge in [0.2, 0.25) is 0 Å². The zero-order valence-electron chi connectivity index (χ0n) is 13.4. The average Bonchev–Trinajstić information content (AvgIpc) is 3.17. The Kier molecular flexibility index (Phi) is 3.82. The second-order valence-electron chi connectivity index (χ2n) is 5.60. The zero-order valence-corrected chi connectivity index (χ0v) is 14.2. The number of benzene rings is 2. The molecule has 0 radical (unpaired) electrons. The standard InChI is InChI=1S/C19H14FN3OS/c1-12-17(18(24)21-15-10-6-5-9-14(15)20)25-19-22-16(11-23(12)19)13-7-3-2-4-8-13/h2-11H,1H3,(H,21,24). The summed E-state index contributed by atoms with van der Waals surface area (Å²) in [6.45, 7) is 1.86. The molecule has 2 heterocycles. The third kappa shape index (κ3) is 2.81. The first-order valence-electron chi connectivity index (χ1n) is 7.73. The number of halogens is 1. The summed E-state index contributed by atoms with van der Waals surface area (Å²) in [5, 5.41) is 2.62. The molecule has 4 rings (SSSR count). The lowest BCUT2D eigenvalue weighted by atomic mass is 10.2. The molecule has 0 saturated carbocycles. The van der Waals surface area contributed by atoms with Crippen LogP contribution in [0.25, 0.3) is 16.2 Å². The number of para-hydroxylation sites is 1. The van der Waals surface area contributed by atoms with E-state index in [1.165, 1.54) is 23.5 Å². The van der Waals surface area contributed by atoms with Crippen LogP contribution in [0, 0.1) is 12.7 Å². The van der Waals surface area contributed by atoms with Gasteiger partial charge in [0.05, 0.1) is 11.4 Å². The lowest BCUT2D eigenvalue weighted by molar-refractivity contribution is 0.102. The smallest absolute Gasteiger partial charge is 0.267 e. The lowest BCUT2D eigenvalue weighted by Gasteiger charge is -2.05. The van der Waals surface area contributed by atoms with Gasteiger partial charge in [-0.15, -0.1) is 0 Å². The minimum absolute atomic E-state index is 0.169. The molecule has 0 bridgehead atoms. The number of amides is 1. The lowest BCUT2D eigenvalue weighted by Crippen LogP contribution is -2.12. The Labute approximate surface area is 147 Å². The SMILES string of the molecule is Cc1c(C(=O)Nc2ccccc2F)sc2nc(-c3ccccc3)cn12. The van der Waals surface area contributed by atoms with Crippen molar-refractivity contribution in [3.63, 3.8) is 0 Å². The molecule has 0 saturated heterocycles. The number of carbonyl (C=O) groups excluding carboxylic acids is 1. The number of fused-ring (bicyclic) bond motifs is 1. The number of anilines is 1. The number of nitrogens with zero attached hydrogens (tertiary/aromatic N) is 2. The van der Waals surface area contributed by atoms with Crippen molar-refractivity contribution in [3.05, 3.63) is 77.2 Å². The van der Waals surface area contributed by atoms with Crippen molar-refractivity contribution in [2.75, 3.05) is 5.32 Å². The van der Waals surface area contributed by atoms with Gasteiger partial charge in [0.25, 0.3) is 5.91 Å². The van der Waals surface area contributed by atoms with Gasteiger partial charge >= 0.3 is 0 Å². The Morgan fingerprint density at radius 1 is 1.12 bits per heavy atom. The van der Waals surface area contributed by atoms with Crippen molar-refractivity contribution in [1.29, 1.82) is 0 Å². The van der Waals surface area contributed by atoms with Gasteiger partial charge in [-0.1, -0.05) is 53.8 Å². The highest BCUT2D eigenvalue weighted by molar-refractivity contribution is 7.19. The van der Waals surface area contributed by atoms with Gasteiger partial charge in [-0.25, -0.2) is 9.37 Å². The first kappa shape index (κ1) is 15.5. The molecule has 0 unspecified atom stereocenters. The molecule has 124 valence electrons. The maximum atomic E-state index is 13.7. The van der Waals surface area contributed by atoms with Gasteiger partial charge in [-0.2, -0.15) is 0 Å². The van der Waals surface area contributed by atoms with Crippen molar-refractivity contribution < 1.29 is 9.18 Å². The number of imidazole rings is 1. The van der Waals surface area contributed by atoms with Gasteiger partial charge in [-0.05, 0) is 19.1 Å². The molecule has 0 aliphatic heterocycles. The maximum absolute atomic E-state index is 13.7. The summed E-state index contributed by atoms with van der Waals surface area (Å²) in [6.07, 6.45) is 1.91. The molecule has 0 atom stereocenters. The first-order valence-corrected chi connectivity index (χ1v) is 8.55. The normalized spacial score (nSPS) is 11.0. The van der Waals surface area contributed by atoms with E-state index in [4.69, 9.17) is 0 Å². The van der Waals surface area contributed by atoms with Crippen LogP contribution in [-0.2, 0) is 0 Å². The van der Waals surface area contributed by atoms with Crippen molar-refractivity contribution in [2.45, 2.75) is 6.92 Å². The van der Waals surface area contributed by atoms with Crippen LogP contribution in [0.4, 0.5) is 10.1 Å². The molecule has 2 aromatic carbocycles. The predicted octanol–water partition coefficient (Wildman–Crippen LogP) is 4.76. The largest absolute Gasteiger partial charge is 0.319 e. The number of carbonyl (C=O) groups is 1. The van der Waals surface area contributed by atoms with E-state index >= 15 is 0 Å². The molecule has 0 fully saturated rings. The second-order valence-corrected chi connectivity index (χ2v) is 6.57. The number of nitrogens with one attached hydrogen (secondary N) is 1. The van der Waals surface area contributed by atoms with Crippen LogP contribution in [0.5, 0.6) is 0 Å². The highest BCUT2D eigenvalue weighted by Crippen LogP contribution is 2.28. The Balaban J connectivity index is 1.67. The van der Waals surface area contributed by atoms with Gasteiger partial charge in [-0.3, -0.25) is 9.20 Å². The van der Waals surface area contributed by atoms with Crippen molar-refractivity contribution in [2.24, 2.45) is 0 Å². The molecule has 1 N–H and O–H groups in total. The van der Waals surface area contributed by atoms with E-state index in [9.17, 15) is 9.18 Å². The predicted molar refractivity (Wildman–Crippen MR) is 97.6 cm³/mol. The molecule has 25 heavy (non-hydrogen) atoms. The van der Waals surface area contributed by atoms with Gasteiger partial charge < -0.3 is 5.32 Å². The van der Waals surface area contributed by atoms with Crippen molar-refractivity contribution in [3.8, 4) is 11.3 Å². The van der Waals surface area contributed by atoms with E-state index < -0.39 is 5.82 Å². The van der Waals surface area contributed by atoms with E-state index in [1.807, 2.05) is 47.9 Å². The quantitative estimate of drug-likeness (QED) is 0.578. The number of hydrogen-bond acceptors (Lipinski definition) is 3. The fourth-order valence-corrected chi connectivity index (χ4v) is 3.65. The zero-order chi connectivity index (χ0) is 17.4. The van der Waals surface area contributed by atoms with Crippen LogP contribution in [0.1, 0.15) is 15.4 Å². The third-order valence-corrected chi connectivity index (χ3v) is 5.11. The van der Waals surface area contributed by atoms with E-state index in [-0.39, 0.29) is 11.6 Å². The second kappa shape index (κ2) is 6.14. The van der Waals surface area contributed by atoms with Gasteiger partial charge in [0.1, 0.15) is 10.7 Å². The number of thiazole rings is 1. The van der Waals surface area contributed by atoms with Crippen LogP contribution < -0.4 is 5.32 Å². The summed E-state index contributed by atoms with van der Waals surface area (Å²) in [5.41, 5.74) is 2.83. The fraction of sp³-hybridized carbons (Fsp3) is 0.0526. The number of aryl methyl sites for hydroxylation is 1. The molecule has 0 spiro atoms. The van der Waals surface area contributed by atoms with Crippen LogP contribution in [0.3, 0.4) is 0 Å². The Hall–Kier alpha value is -2.99. The Morgan fingerprint density at radius 3 is 2.56 bits per heavy atom. The summed E-state index contributed by atoms with van der Waals surface area (Å²) in [5.74, 6) is -0.791. The summed E-state index contributed by atoms with van der Waals surface area (Å²) >= 11 is 1.29. The molecule has 2 aromatic heterocycles. The Bertz CT molecular complexity index is 1070. The van der Waals surface area contributed by atoms with Crippen molar-refractivity contribution >= 4 is 27.9 Å². The van der Waals surface area contributed by atoms with Gasteiger partial charge in [0, 0.05) is 17.5 Å². The van der Waals surface area contributed by atoms with E-state index in [1.54, 1.807) is 12.1 Å². The summed E-state index contributed by atoms with van der Waals surface area (Å²) in [7, 11) is 0. The highest BCUT2D eigenvalue weighted by Gasteiger charge is 2.19. The molecular weight excluding hydrogens is 337 g/mol. The topological polar surface area (TPSA) is 46.4 Å². The fourth-order valence-electron chi connectivity index (χ4n) is 2.65. The van der Waals surface area contributed by atoms with Crippen LogP contribution >= 0.6 is 11.3 Å². The molecular formula is C19H14FN3OS. The summed E-state index contributed by atoms with van der Waals surface area (Å²) < 4.78 is 15.6. The number of hydrogen-bond donors (Lipinski definition) is 1. The van der Waals surface area contributed by atoms with E-state index in [2.05, 4.69) is 10.3 Å². The number of rotatable bonds is 3. The first-order chi connectivity index (χ1) is 12.1. The molecule has 0 aliphatic carbocycles. The minimum atomic E-state index is -0.457. The molecule has 1 amide bonds. The van der Waals surface area contributed by atoms with Crippen LogP contribution in [0.2, 0.25) is 0 Å². The van der Waals surface area contributed by atoms with Gasteiger partial charge in [0.15, 0.2) is 4.96 Å². The van der Waals surface area contributed by atoms with Crippen LogP contribution in [0.15, 0.2) is 60.8 Å². The maximum Gasteiger partial charge on any atom is 0.267 e.